The fourth-order valence-corrected chi connectivity index (χ4v) is 13.3. The number of allylic oxidation sites excluding steroid dienone is 4. The van der Waals surface area contributed by atoms with E-state index in [4.69, 9.17) is 37.0 Å². The highest BCUT2D eigenvalue weighted by molar-refractivity contribution is 7.47. The number of carbonyl (C=O) groups excluding carboxylic acids is 4. The van der Waals surface area contributed by atoms with Gasteiger partial charge >= 0.3 is 39.5 Å². The van der Waals surface area contributed by atoms with Crippen molar-refractivity contribution >= 4 is 39.5 Å². The van der Waals surface area contributed by atoms with Crippen molar-refractivity contribution in [3.8, 4) is 0 Å². The maximum atomic E-state index is 13.1. The van der Waals surface area contributed by atoms with E-state index < -0.39 is 97.5 Å². The molecule has 0 aliphatic carbocycles. The van der Waals surface area contributed by atoms with Crippen LogP contribution in [0.2, 0.25) is 0 Å². The van der Waals surface area contributed by atoms with Crippen molar-refractivity contribution in [3.63, 3.8) is 0 Å². The van der Waals surface area contributed by atoms with Crippen molar-refractivity contribution in [2.45, 2.75) is 407 Å². The van der Waals surface area contributed by atoms with E-state index in [2.05, 4.69) is 72.8 Å². The highest BCUT2D eigenvalue weighted by atomic mass is 31.2. The van der Waals surface area contributed by atoms with Gasteiger partial charge in [0.15, 0.2) is 12.2 Å². The smallest absolute Gasteiger partial charge is 0.462 e. The molecule has 4 unspecified atom stereocenters. The topological polar surface area (TPSA) is 237 Å². The molecule has 7 atom stereocenters. The molecule has 99 heavy (non-hydrogen) atoms. The molecular weight excluding hydrogens is 1290 g/mol. The van der Waals surface area contributed by atoms with Crippen LogP contribution in [-0.4, -0.2) is 96.7 Å². The minimum atomic E-state index is -4.97. The molecule has 0 fully saturated rings. The Morgan fingerprint density at radius 2 is 0.596 bits per heavy atom. The summed E-state index contributed by atoms with van der Waals surface area (Å²) in [6.07, 6.45) is 60.3. The SMILES string of the molecule is CCCCCC/C=C\C=C/CCCCCCCC(=O)OC[C@H](COP(=O)(O)OC[C@@H](O)COP(=O)(O)OC[C@@H](COC(=O)CCCCCCCCCCC(C)CC)OC(=O)CCCCCCCCCCCCC(C)CC)OC(=O)CCCCCCCCCCCCCCCCCC(C)C. The first-order chi connectivity index (χ1) is 47.8. The van der Waals surface area contributed by atoms with Crippen LogP contribution in [0.3, 0.4) is 0 Å². The first-order valence-electron chi connectivity index (χ1n) is 40.7. The first-order valence-corrected chi connectivity index (χ1v) is 43.7. The van der Waals surface area contributed by atoms with E-state index in [-0.39, 0.29) is 25.7 Å². The fraction of sp³-hybridized carbons (Fsp3) is 0.900. The molecule has 0 radical (unpaired) electrons. The number of hydrogen-bond donors (Lipinski definition) is 3. The zero-order valence-electron chi connectivity index (χ0n) is 64.4. The Bertz CT molecular complexity index is 2020. The lowest BCUT2D eigenvalue weighted by molar-refractivity contribution is -0.161. The van der Waals surface area contributed by atoms with Crippen molar-refractivity contribution in [2.75, 3.05) is 39.6 Å². The molecule has 17 nitrogen and oxygen atoms in total. The fourth-order valence-electron chi connectivity index (χ4n) is 11.7. The molecule has 0 rings (SSSR count). The van der Waals surface area contributed by atoms with Crippen LogP contribution in [-0.2, 0) is 65.4 Å². The molecule has 0 saturated carbocycles. The second-order valence-electron chi connectivity index (χ2n) is 29.1. The van der Waals surface area contributed by atoms with Gasteiger partial charge in [0.05, 0.1) is 26.4 Å². The van der Waals surface area contributed by atoms with Gasteiger partial charge in [-0.05, 0) is 69.1 Å². The van der Waals surface area contributed by atoms with Crippen LogP contribution in [0.5, 0.6) is 0 Å². The molecule has 0 aromatic carbocycles. The average molecular weight is 1450 g/mol. The van der Waals surface area contributed by atoms with Crippen molar-refractivity contribution in [2.24, 2.45) is 17.8 Å². The van der Waals surface area contributed by atoms with Crippen LogP contribution < -0.4 is 0 Å². The maximum Gasteiger partial charge on any atom is 0.472 e. The maximum absolute atomic E-state index is 13.1. The predicted molar refractivity (Wildman–Crippen MR) is 404 cm³/mol. The molecule has 0 aliphatic heterocycles. The highest BCUT2D eigenvalue weighted by Gasteiger charge is 2.30. The number of phosphoric ester groups is 2. The number of aliphatic hydroxyl groups is 1. The van der Waals surface area contributed by atoms with Gasteiger partial charge in [0.1, 0.15) is 19.3 Å². The van der Waals surface area contributed by atoms with E-state index >= 15 is 0 Å². The van der Waals surface area contributed by atoms with E-state index in [1.165, 1.54) is 180 Å². The molecule has 584 valence electrons. The van der Waals surface area contributed by atoms with Crippen molar-refractivity contribution < 1.29 is 80.2 Å². The summed E-state index contributed by atoms with van der Waals surface area (Å²) < 4.78 is 68.7. The van der Waals surface area contributed by atoms with Gasteiger partial charge in [0, 0.05) is 25.7 Å². The number of unbranched alkanes of at least 4 members (excludes halogenated alkanes) is 39. The summed E-state index contributed by atoms with van der Waals surface area (Å²) in [5.41, 5.74) is 0. The Hall–Kier alpha value is -2.46. The Morgan fingerprint density at radius 3 is 0.899 bits per heavy atom. The molecular formula is C80H152O17P2. The lowest BCUT2D eigenvalue weighted by Crippen LogP contribution is -2.30. The van der Waals surface area contributed by atoms with Crippen LogP contribution in [0.25, 0.3) is 0 Å². The molecule has 0 heterocycles. The Morgan fingerprint density at radius 1 is 0.333 bits per heavy atom. The molecule has 0 aromatic rings. The summed E-state index contributed by atoms with van der Waals surface area (Å²) in [4.78, 5) is 73.0. The van der Waals surface area contributed by atoms with Gasteiger partial charge in [-0.15, -0.1) is 0 Å². The summed E-state index contributed by atoms with van der Waals surface area (Å²) in [5, 5.41) is 10.6. The summed E-state index contributed by atoms with van der Waals surface area (Å²) in [6, 6.07) is 0. The van der Waals surface area contributed by atoms with Gasteiger partial charge in [-0.3, -0.25) is 37.3 Å². The first kappa shape index (κ1) is 96.5. The van der Waals surface area contributed by atoms with Crippen molar-refractivity contribution in [3.05, 3.63) is 24.3 Å². The standard InChI is InChI=1S/C80H152O17P2/c1-8-11-12-13-14-15-16-17-19-23-26-32-40-47-54-61-77(82)90-67-75(96-79(84)63-56-49-42-33-27-24-21-18-20-22-25-30-37-44-51-58-71(4)5)69-94-98(86,87)92-65-74(81)66-93-99(88,89)95-70-76(68-91-78(83)62-55-48-41-36-35-39-46-53-60-73(7)10-3)97-80(85)64-57-50-43-34-29-28-31-38-45-52-59-72(6)9-2/h15-17,19,71-76,81H,8-14,18,20-70H2,1-7H3,(H,86,87)(H,88,89)/b16-15-,19-17-/t72?,73?,74-,75-,76-/m1/s1. The number of rotatable bonds is 76. The zero-order chi connectivity index (χ0) is 73.0. The van der Waals surface area contributed by atoms with Crippen LogP contribution in [0.4, 0.5) is 0 Å². The minimum Gasteiger partial charge on any atom is -0.462 e. The van der Waals surface area contributed by atoms with E-state index in [0.717, 1.165) is 127 Å². The molecule has 0 saturated heterocycles. The highest BCUT2D eigenvalue weighted by Crippen LogP contribution is 2.45. The van der Waals surface area contributed by atoms with E-state index in [9.17, 15) is 43.2 Å². The van der Waals surface area contributed by atoms with Gasteiger partial charge in [0.2, 0.25) is 0 Å². The van der Waals surface area contributed by atoms with Crippen LogP contribution in [0, 0.1) is 17.8 Å². The molecule has 3 N–H and O–H groups in total. The summed E-state index contributed by atoms with van der Waals surface area (Å²) >= 11 is 0. The predicted octanol–water partition coefficient (Wildman–Crippen LogP) is 23.3. The number of hydrogen-bond acceptors (Lipinski definition) is 15. The largest absolute Gasteiger partial charge is 0.472 e. The molecule has 19 heteroatoms. The van der Waals surface area contributed by atoms with E-state index in [0.29, 0.717) is 25.7 Å². The van der Waals surface area contributed by atoms with E-state index in [1.54, 1.807) is 0 Å². The second kappa shape index (κ2) is 69.9. The number of esters is 4. The lowest BCUT2D eigenvalue weighted by atomic mass is 9.99. The third-order valence-electron chi connectivity index (χ3n) is 18.7. The molecule has 0 spiro atoms. The summed E-state index contributed by atoms with van der Waals surface area (Å²) in [7, 11) is -9.93. The van der Waals surface area contributed by atoms with Crippen LogP contribution >= 0.6 is 15.6 Å². The second-order valence-corrected chi connectivity index (χ2v) is 32.0. The van der Waals surface area contributed by atoms with Gasteiger partial charge < -0.3 is 33.8 Å². The van der Waals surface area contributed by atoms with Gasteiger partial charge in [-0.1, -0.05) is 336 Å². The number of carbonyl (C=O) groups is 4. The normalized spacial score (nSPS) is 14.7. The van der Waals surface area contributed by atoms with Crippen molar-refractivity contribution in [1.29, 1.82) is 0 Å². The molecule has 0 amide bonds. The van der Waals surface area contributed by atoms with Crippen LogP contribution in [0.15, 0.2) is 24.3 Å². The molecule has 0 aromatic heterocycles. The minimum absolute atomic E-state index is 0.101. The molecule has 0 bridgehead atoms. The third-order valence-corrected chi connectivity index (χ3v) is 20.6. The lowest BCUT2D eigenvalue weighted by Gasteiger charge is -2.21. The number of aliphatic hydroxyl groups excluding tert-OH is 1. The summed E-state index contributed by atoms with van der Waals surface area (Å²) in [6.45, 7) is 11.9. The van der Waals surface area contributed by atoms with Gasteiger partial charge in [-0.25, -0.2) is 9.13 Å². The quantitative estimate of drug-likeness (QED) is 0.0169. The van der Waals surface area contributed by atoms with Gasteiger partial charge in [0.25, 0.3) is 0 Å². The third kappa shape index (κ3) is 71.0. The zero-order valence-corrected chi connectivity index (χ0v) is 66.2. The average Bonchev–Trinajstić information content (AvgIpc) is 1.08. The number of ether oxygens (including phenoxy) is 4. The Kier molecular flexibility index (Phi) is 68.1. The summed E-state index contributed by atoms with van der Waals surface area (Å²) in [5.74, 6) is 0.235. The van der Waals surface area contributed by atoms with Crippen LogP contribution in [0.1, 0.15) is 389 Å². The number of phosphoric acid groups is 2. The monoisotopic (exact) mass is 1450 g/mol. The Labute approximate surface area is 605 Å². The Balaban J connectivity index is 5.31. The molecule has 0 aliphatic rings. The van der Waals surface area contributed by atoms with E-state index in [1.807, 2.05) is 0 Å². The van der Waals surface area contributed by atoms with Gasteiger partial charge in [-0.2, -0.15) is 0 Å². The van der Waals surface area contributed by atoms with Crippen molar-refractivity contribution in [1.82, 2.24) is 0 Å².